The summed E-state index contributed by atoms with van der Waals surface area (Å²) in [5.74, 6) is 4.85. The first-order chi connectivity index (χ1) is 9.55. The maximum Gasteiger partial charge on any atom is 0.294 e. The van der Waals surface area contributed by atoms with Gasteiger partial charge in [0.1, 0.15) is 5.69 Å². The molecule has 0 unspecified atom stereocenters. The standard InChI is InChI=1S/C12H16N4O4/c1-20-9-5-8(6-9)14-12(17)7-2-3-10(15-13)11(4-7)16(18)19/h2-4,8-9,15H,5-6,13H2,1H3,(H,14,17). The van der Waals surface area contributed by atoms with Crippen molar-refractivity contribution >= 4 is 17.3 Å². The smallest absolute Gasteiger partial charge is 0.294 e. The Labute approximate surface area is 115 Å². The number of hydrazine groups is 1. The number of nitrogen functional groups attached to an aromatic ring is 1. The molecule has 0 heterocycles. The van der Waals surface area contributed by atoms with Crippen LogP contribution in [-0.4, -0.2) is 30.1 Å². The van der Waals surface area contributed by atoms with Crippen molar-refractivity contribution in [3.63, 3.8) is 0 Å². The topological polar surface area (TPSA) is 120 Å². The first kappa shape index (κ1) is 14.2. The second-order valence-corrected chi connectivity index (χ2v) is 4.63. The molecule has 1 aromatic rings. The summed E-state index contributed by atoms with van der Waals surface area (Å²) in [6, 6.07) is 4.16. The summed E-state index contributed by atoms with van der Waals surface area (Å²) in [5.41, 5.74) is 2.39. The number of hydrogen-bond acceptors (Lipinski definition) is 6. The van der Waals surface area contributed by atoms with Gasteiger partial charge in [0.2, 0.25) is 0 Å². The van der Waals surface area contributed by atoms with E-state index in [2.05, 4.69) is 10.7 Å². The maximum atomic E-state index is 12.0. The molecule has 1 aromatic carbocycles. The fourth-order valence-electron chi connectivity index (χ4n) is 2.09. The molecule has 0 aliphatic heterocycles. The number of nitro groups is 1. The van der Waals surface area contributed by atoms with Crippen molar-refractivity contribution in [2.75, 3.05) is 12.5 Å². The summed E-state index contributed by atoms with van der Waals surface area (Å²) in [5, 5.41) is 13.7. The normalized spacial score (nSPS) is 20.9. The lowest BCUT2D eigenvalue weighted by Crippen LogP contribution is -2.47. The average Bonchev–Trinajstić information content (AvgIpc) is 2.41. The van der Waals surface area contributed by atoms with Crippen LogP contribution in [0.15, 0.2) is 18.2 Å². The number of hydrogen-bond donors (Lipinski definition) is 3. The second-order valence-electron chi connectivity index (χ2n) is 4.63. The van der Waals surface area contributed by atoms with Gasteiger partial charge in [-0.2, -0.15) is 0 Å². The zero-order chi connectivity index (χ0) is 14.7. The number of nitro benzene ring substituents is 1. The maximum absolute atomic E-state index is 12.0. The fraction of sp³-hybridized carbons (Fsp3) is 0.417. The second kappa shape index (κ2) is 5.85. The first-order valence-corrected chi connectivity index (χ1v) is 6.14. The average molecular weight is 280 g/mol. The van der Waals surface area contributed by atoms with Crippen LogP contribution in [0.1, 0.15) is 23.2 Å². The minimum atomic E-state index is -0.587. The monoisotopic (exact) mass is 280 g/mol. The van der Waals surface area contributed by atoms with Crippen molar-refractivity contribution in [3.05, 3.63) is 33.9 Å². The minimum Gasteiger partial charge on any atom is -0.381 e. The lowest BCUT2D eigenvalue weighted by molar-refractivity contribution is -0.384. The highest BCUT2D eigenvalue weighted by Crippen LogP contribution is 2.26. The Balaban J connectivity index is 2.07. The number of rotatable bonds is 5. The van der Waals surface area contributed by atoms with Gasteiger partial charge in [-0.25, -0.2) is 0 Å². The number of amides is 1. The molecule has 0 saturated heterocycles. The number of benzene rings is 1. The molecule has 2 rings (SSSR count). The molecule has 0 aromatic heterocycles. The van der Waals surface area contributed by atoms with Gasteiger partial charge < -0.3 is 15.5 Å². The van der Waals surface area contributed by atoms with Gasteiger partial charge in [-0.3, -0.25) is 20.8 Å². The molecular formula is C12H16N4O4. The van der Waals surface area contributed by atoms with Crippen molar-refractivity contribution in [1.82, 2.24) is 5.32 Å². The molecule has 20 heavy (non-hydrogen) atoms. The number of nitrogens with one attached hydrogen (secondary N) is 2. The molecule has 1 saturated carbocycles. The van der Waals surface area contributed by atoms with Crippen LogP contribution in [0.2, 0.25) is 0 Å². The van der Waals surface area contributed by atoms with Crippen LogP contribution < -0.4 is 16.6 Å². The third kappa shape index (κ3) is 2.86. The molecule has 0 bridgehead atoms. The van der Waals surface area contributed by atoms with Crippen LogP contribution in [0.4, 0.5) is 11.4 Å². The summed E-state index contributed by atoms with van der Waals surface area (Å²) in [7, 11) is 1.63. The zero-order valence-corrected chi connectivity index (χ0v) is 11.0. The lowest BCUT2D eigenvalue weighted by Gasteiger charge is -2.34. The van der Waals surface area contributed by atoms with Gasteiger partial charge in [-0.15, -0.1) is 0 Å². The Hall–Kier alpha value is -2.19. The molecule has 1 aliphatic rings. The number of nitrogens with two attached hydrogens (primary N) is 1. The molecular weight excluding hydrogens is 264 g/mol. The van der Waals surface area contributed by atoms with Crippen molar-refractivity contribution in [2.45, 2.75) is 25.0 Å². The fourth-order valence-corrected chi connectivity index (χ4v) is 2.09. The minimum absolute atomic E-state index is 0.0545. The highest BCUT2D eigenvalue weighted by Gasteiger charge is 2.30. The Bertz CT molecular complexity index is 528. The molecule has 1 fully saturated rings. The van der Waals surface area contributed by atoms with E-state index in [0.29, 0.717) is 0 Å². The number of ether oxygens (including phenoxy) is 1. The number of anilines is 1. The zero-order valence-electron chi connectivity index (χ0n) is 11.0. The molecule has 4 N–H and O–H groups in total. The van der Waals surface area contributed by atoms with Crippen LogP contribution in [0, 0.1) is 10.1 Å². The van der Waals surface area contributed by atoms with E-state index >= 15 is 0 Å². The van der Waals surface area contributed by atoms with Gasteiger partial charge in [-0.05, 0) is 25.0 Å². The van der Waals surface area contributed by atoms with Gasteiger partial charge in [0.15, 0.2) is 0 Å². The third-order valence-corrected chi connectivity index (χ3v) is 3.38. The molecule has 8 nitrogen and oxygen atoms in total. The summed E-state index contributed by atoms with van der Waals surface area (Å²) in [6.07, 6.45) is 1.69. The highest BCUT2D eigenvalue weighted by atomic mass is 16.6. The first-order valence-electron chi connectivity index (χ1n) is 6.14. The largest absolute Gasteiger partial charge is 0.381 e. The Kier molecular flexibility index (Phi) is 4.16. The van der Waals surface area contributed by atoms with E-state index in [1.807, 2.05) is 0 Å². The van der Waals surface area contributed by atoms with Crippen molar-refractivity contribution < 1.29 is 14.5 Å². The summed E-state index contributed by atoms with van der Waals surface area (Å²) >= 11 is 0. The predicted molar refractivity (Wildman–Crippen MR) is 72.2 cm³/mol. The van der Waals surface area contributed by atoms with Crippen LogP contribution in [-0.2, 0) is 4.74 Å². The van der Waals surface area contributed by atoms with Crippen LogP contribution in [0.25, 0.3) is 0 Å². The molecule has 1 aliphatic carbocycles. The van der Waals surface area contributed by atoms with Gasteiger partial charge >= 0.3 is 0 Å². The Morgan fingerprint density at radius 2 is 2.20 bits per heavy atom. The van der Waals surface area contributed by atoms with Crippen molar-refractivity contribution in [1.29, 1.82) is 0 Å². The highest BCUT2D eigenvalue weighted by molar-refractivity contribution is 5.96. The number of carbonyl (C=O) groups is 1. The van der Waals surface area contributed by atoms with Crippen molar-refractivity contribution in [2.24, 2.45) is 5.84 Å². The number of carbonyl (C=O) groups excluding carboxylic acids is 1. The summed E-state index contributed by atoms with van der Waals surface area (Å²) in [6.45, 7) is 0. The van der Waals surface area contributed by atoms with E-state index in [9.17, 15) is 14.9 Å². The summed E-state index contributed by atoms with van der Waals surface area (Å²) in [4.78, 5) is 22.3. The van der Waals surface area contributed by atoms with Crippen LogP contribution in [0.5, 0.6) is 0 Å². The number of methoxy groups -OCH3 is 1. The van der Waals surface area contributed by atoms with E-state index < -0.39 is 4.92 Å². The molecule has 0 radical (unpaired) electrons. The van der Waals surface area contributed by atoms with E-state index in [0.717, 1.165) is 12.8 Å². The SMILES string of the molecule is COC1CC(NC(=O)c2ccc(NN)c([N+](=O)[O-])c2)C1. The van der Waals surface area contributed by atoms with E-state index in [4.69, 9.17) is 10.6 Å². The molecule has 8 heteroatoms. The van der Waals surface area contributed by atoms with Crippen LogP contribution in [0.3, 0.4) is 0 Å². The molecule has 108 valence electrons. The molecule has 0 spiro atoms. The molecule has 0 atom stereocenters. The van der Waals surface area contributed by atoms with Crippen LogP contribution >= 0.6 is 0 Å². The predicted octanol–water partition coefficient (Wildman–Crippen LogP) is 0.788. The van der Waals surface area contributed by atoms with Gasteiger partial charge in [0.25, 0.3) is 11.6 Å². The quantitative estimate of drug-likeness (QED) is 0.416. The van der Waals surface area contributed by atoms with E-state index in [1.54, 1.807) is 7.11 Å². The lowest BCUT2D eigenvalue weighted by atomic mass is 9.89. The third-order valence-electron chi connectivity index (χ3n) is 3.38. The molecule has 1 amide bonds. The van der Waals surface area contributed by atoms with Gasteiger partial charge in [0.05, 0.1) is 11.0 Å². The van der Waals surface area contributed by atoms with Gasteiger partial charge in [-0.1, -0.05) is 0 Å². The van der Waals surface area contributed by atoms with E-state index in [1.165, 1.54) is 18.2 Å². The Morgan fingerprint density at radius 1 is 1.50 bits per heavy atom. The van der Waals surface area contributed by atoms with E-state index in [-0.39, 0.29) is 35.0 Å². The van der Waals surface area contributed by atoms with Gasteiger partial charge in [0, 0.05) is 24.8 Å². The number of nitrogens with zero attached hydrogens (tertiary/aromatic N) is 1. The summed E-state index contributed by atoms with van der Waals surface area (Å²) < 4.78 is 5.12. The Morgan fingerprint density at radius 3 is 2.75 bits per heavy atom. The van der Waals surface area contributed by atoms with Crippen molar-refractivity contribution in [3.8, 4) is 0 Å².